The summed E-state index contributed by atoms with van der Waals surface area (Å²) in [5.74, 6) is 1.13. The number of esters is 2. The van der Waals surface area contributed by atoms with Crippen LogP contribution in [0.2, 0.25) is 0 Å². The Morgan fingerprint density at radius 2 is 2.13 bits per heavy atom. The van der Waals surface area contributed by atoms with Crippen LogP contribution in [-0.2, 0) is 23.8 Å². The second-order valence-electron chi connectivity index (χ2n) is 7.55. The third-order valence-corrected chi connectivity index (χ3v) is 5.81. The molecule has 5 unspecified atom stereocenters. The molecule has 2 aliphatic carbocycles. The van der Waals surface area contributed by atoms with Crippen LogP contribution in [0.3, 0.4) is 0 Å². The van der Waals surface area contributed by atoms with E-state index in [9.17, 15) is 9.59 Å². The van der Waals surface area contributed by atoms with E-state index in [0.717, 1.165) is 19.3 Å². The van der Waals surface area contributed by atoms with E-state index >= 15 is 0 Å². The molecule has 5 heteroatoms. The van der Waals surface area contributed by atoms with Crippen molar-refractivity contribution in [3.63, 3.8) is 0 Å². The lowest BCUT2D eigenvalue weighted by molar-refractivity contribution is -0.155. The van der Waals surface area contributed by atoms with Crippen molar-refractivity contribution in [2.24, 2.45) is 23.2 Å². The molecule has 0 N–H and O–H groups in total. The Kier molecular flexibility index (Phi) is 4.15. The second kappa shape index (κ2) is 5.84. The van der Waals surface area contributed by atoms with E-state index in [4.69, 9.17) is 14.2 Å². The molecule has 0 spiro atoms. The van der Waals surface area contributed by atoms with Gasteiger partial charge >= 0.3 is 11.9 Å². The summed E-state index contributed by atoms with van der Waals surface area (Å²) in [5, 5.41) is 0. The van der Waals surface area contributed by atoms with E-state index in [-0.39, 0.29) is 36.7 Å². The topological polar surface area (TPSA) is 61.8 Å². The molecule has 0 aromatic rings. The van der Waals surface area contributed by atoms with Crippen molar-refractivity contribution in [2.75, 3.05) is 6.61 Å². The molecular formula is C18H26O5. The van der Waals surface area contributed by atoms with Crippen LogP contribution in [0.4, 0.5) is 0 Å². The molecule has 3 aliphatic rings. The van der Waals surface area contributed by atoms with E-state index < -0.39 is 5.41 Å². The first-order valence-corrected chi connectivity index (χ1v) is 8.57. The van der Waals surface area contributed by atoms with E-state index in [0.29, 0.717) is 17.6 Å². The molecule has 1 heterocycles. The average Bonchev–Trinajstić information content (AvgIpc) is 3.15. The molecule has 3 fully saturated rings. The first-order chi connectivity index (χ1) is 10.9. The predicted molar refractivity (Wildman–Crippen MR) is 83.2 cm³/mol. The highest BCUT2D eigenvalue weighted by Crippen LogP contribution is 2.55. The smallest absolute Gasteiger partial charge is 0.311 e. The lowest BCUT2D eigenvalue weighted by Gasteiger charge is -2.28. The Morgan fingerprint density at radius 3 is 2.78 bits per heavy atom. The quantitative estimate of drug-likeness (QED) is 0.556. The van der Waals surface area contributed by atoms with Crippen molar-refractivity contribution in [3.8, 4) is 0 Å². The normalized spacial score (nSPS) is 35.4. The minimum absolute atomic E-state index is 0.0632. The number of fused-ring (bicyclic) bond motifs is 1. The first kappa shape index (κ1) is 16.3. The van der Waals surface area contributed by atoms with Crippen LogP contribution < -0.4 is 0 Å². The standard InChI is InChI=1S/C18H26O5/c1-5-11(9-21-17(20)18(3,4)6-2)22-14-10-7-12-13(8-10)16(19)23-15(12)14/h5,10,12-15H,6-9H2,1-4H3. The highest BCUT2D eigenvalue weighted by atomic mass is 16.6. The van der Waals surface area contributed by atoms with Gasteiger partial charge in [0.25, 0.3) is 0 Å². The Morgan fingerprint density at radius 1 is 1.39 bits per heavy atom. The summed E-state index contributed by atoms with van der Waals surface area (Å²) in [4.78, 5) is 23.9. The molecule has 0 aromatic carbocycles. The van der Waals surface area contributed by atoms with E-state index in [1.165, 1.54) is 0 Å². The monoisotopic (exact) mass is 322 g/mol. The van der Waals surface area contributed by atoms with Gasteiger partial charge in [-0.3, -0.25) is 9.59 Å². The SMILES string of the molecule is CC=C(COC(=O)C(C)(C)CC)OC1C2CC3C(=O)OC1C3C2. The molecule has 2 saturated carbocycles. The average molecular weight is 322 g/mol. The molecule has 128 valence electrons. The highest BCUT2D eigenvalue weighted by Gasteiger charge is 2.63. The fourth-order valence-corrected chi connectivity index (χ4v) is 3.90. The molecule has 3 rings (SSSR count). The molecule has 1 aliphatic heterocycles. The minimum Gasteiger partial charge on any atom is -0.487 e. The maximum absolute atomic E-state index is 12.1. The van der Waals surface area contributed by atoms with Gasteiger partial charge in [0.15, 0.2) is 0 Å². The van der Waals surface area contributed by atoms with Crippen molar-refractivity contribution < 1.29 is 23.8 Å². The number of ether oxygens (including phenoxy) is 3. The molecule has 0 amide bonds. The maximum atomic E-state index is 12.1. The number of allylic oxidation sites excluding steroid dienone is 1. The third kappa shape index (κ3) is 2.74. The summed E-state index contributed by atoms with van der Waals surface area (Å²) in [5.41, 5.74) is -0.487. The van der Waals surface area contributed by atoms with Crippen molar-refractivity contribution in [2.45, 2.75) is 59.2 Å². The van der Waals surface area contributed by atoms with Gasteiger partial charge in [0.1, 0.15) is 24.6 Å². The van der Waals surface area contributed by atoms with E-state index in [1.807, 2.05) is 33.8 Å². The fourth-order valence-electron chi connectivity index (χ4n) is 3.90. The molecule has 0 aromatic heterocycles. The predicted octanol–water partition coefficient (Wildman–Crippen LogP) is 2.84. The molecule has 2 bridgehead atoms. The van der Waals surface area contributed by atoms with Gasteiger partial charge in [0, 0.05) is 11.8 Å². The van der Waals surface area contributed by atoms with Crippen molar-refractivity contribution in [1.82, 2.24) is 0 Å². The van der Waals surface area contributed by atoms with Gasteiger partial charge in [-0.1, -0.05) is 6.92 Å². The third-order valence-electron chi connectivity index (χ3n) is 5.81. The summed E-state index contributed by atoms with van der Waals surface area (Å²) in [6, 6.07) is 0. The van der Waals surface area contributed by atoms with E-state index in [1.54, 1.807) is 0 Å². The highest BCUT2D eigenvalue weighted by molar-refractivity contribution is 5.77. The Labute approximate surface area is 137 Å². The zero-order chi connectivity index (χ0) is 16.8. The Bertz CT molecular complexity index is 536. The summed E-state index contributed by atoms with van der Waals surface area (Å²) in [6.07, 6.45) is 4.21. The lowest BCUT2D eigenvalue weighted by atomic mass is 9.88. The van der Waals surface area contributed by atoms with Crippen LogP contribution in [0.5, 0.6) is 0 Å². The van der Waals surface area contributed by atoms with Crippen LogP contribution >= 0.6 is 0 Å². The summed E-state index contributed by atoms with van der Waals surface area (Å²) >= 11 is 0. The van der Waals surface area contributed by atoms with E-state index in [2.05, 4.69) is 0 Å². The molecule has 5 nitrogen and oxygen atoms in total. The Balaban J connectivity index is 1.57. The van der Waals surface area contributed by atoms with Crippen LogP contribution in [0.15, 0.2) is 11.8 Å². The van der Waals surface area contributed by atoms with Crippen LogP contribution in [0.25, 0.3) is 0 Å². The number of carbonyl (C=O) groups excluding carboxylic acids is 2. The van der Waals surface area contributed by atoms with Gasteiger partial charge in [-0.05, 0) is 46.1 Å². The Hall–Kier alpha value is -1.52. The van der Waals surface area contributed by atoms with Crippen LogP contribution in [0, 0.1) is 23.2 Å². The molecule has 1 saturated heterocycles. The number of carbonyl (C=O) groups is 2. The van der Waals surface area contributed by atoms with Gasteiger partial charge in [-0.25, -0.2) is 0 Å². The number of hydrogen-bond donors (Lipinski definition) is 0. The zero-order valence-electron chi connectivity index (χ0n) is 14.3. The van der Waals surface area contributed by atoms with Gasteiger partial charge in [-0.2, -0.15) is 0 Å². The second-order valence-corrected chi connectivity index (χ2v) is 7.55. The molecule has 23 heavy (non-hydrogen) atoms. The molecular weight excluding hydrogens is 296 g/mol. The lowest BCUT2D eigenvalue weighted by Crippen LogP contribution is -2.35. The summed E-state index contributed by atoms with van der Waals surface area (Å²) in [7, 11) is 0. The minimum atomic E-state index is -0.487. The first-order valence-electron chi connectivity index (χ1n) is 8.57. The van der Waals surface area contributed by atoms with Crippen molar-refractivity contribution in [1.29, 1.82) is 0 Å². The summed E-state index contributed by atoms with van der Waals surface area (Å²) in [6.45, 7) is 7.72. The zero-order valence-corrected chi connectivity index (χ0v) is 14.3. The fraction of sp³-hybridized carbons (Fsp3) is 0.778. The molecule has 0 radical (unpaired) electrons. The largest absolute Gasteiger partial charge is 0.487 e. The number of hydrogen-bond acceptors (Lipinski definition) is 5. The van der Waals surface area contributed by atoms with Gasteiger partial charge in [0.2, 0.25) is 0 Å². The number of rotatable bonds is 6. The van der Waals surface area contributed by atoms with Crippen LogP contribution in [0.1, 0.15) is 47.0 Å². The van der Waals surface area contributed by atoms with Crippen molar-refractivity contribution in [3.05, 3.63) is 11.8 Å². The maximum Gasteiger partial charge on any atom is 0.311 e. The van der Waals surface area contributed by atoms with Crippen molar-refractivity contribution >= 4 is 11.9 Å². The van der Waals surface area contributed by atoms with Gasteiger partial charge in [-0.15, -0.1) is 0 Å². The molecule has 5 atom stereocenters. The summed E-state index contributed by atoms with van der Waals surface area (Å²) < 4.78 is 17.0. The van der Waals surface area contributed by atoms with Gasteiger partial charge < -0.3 is 14.2 Å². The van der Waals surface area contributed by atoms with Gasteiger partial charge in [0.05, 0.1) is 11.3 Å². The van der Waals surface area contributed by atoms with Crippen LogP contribution in [-0.4, -0.2) is 30.8 Å².